The Kier molecular flexibility index (Phi) is 6.92. The summed E-state index contributed by atoms with van der Waals surface area (Å²) in [5.41, 5.74) is 1.90. The molecule has 2 fully saturated rings. The number of anilines is 2. The standard InChI is InChI=1S/C24H32N4O3/c1-31-22-15-18(7-9-21(22)29)17-27-11-4-12-28(14-13-27)23-10-8-20(16-25-23)26-24(30)19-5-2-3-6-19/h7-10,15-16,19,29H,2-6,11-14,17H2,1H3,(H,26,30). The molecule has 7 nitrogen and oxygen atoms in total. The number of carbonyl (C=O) groups excluding carboxylic acids is 1. The quantitative estimate of drug-likeness (QED) is 0.737. The summed E-state index contributed by atoms with van der Waals surface area (Å²) in [5.74, 6) is 1.92. The number of nitrogens with zero attached hydrogens (tertiary/aromatic N) is 3. The number of hydrogen-bond donors (Lipinski definition) is 2. The second-order valence-corrected chi connectivity index (χ2v) is 8.50. The average molecular weight is 425 g/mol. The number of benzene rings is 1. The molecule has 1 aliphatic heterocycles. The van der Waals surface area contributed by atoms with E-state index < -0.39 is 0 Å². The van der Waals surface area contributed by atoms with E-state index >= 15 is 0 Å². The van der Waals surface area contributed by atoms with Gasteiger partial charge in [0.2, 0.25) is 5.91 Å². The fourth-order valence-electron chi connectivity index (χ4n) is 4.52. The number of rotatable bonds is 6. The van der Waals surface area contributed by atoms with E-state index in [2.05, 4.69) is 20.1 Å². The van der Waals surface area contributed by atoms with Gasteiger partial charge in [-0.05, 0) is 49.1 Å². The van der Waals surface area contributed by atoms with Crippen LogP contribution in [0.1, 0.15) is 37.7 Å². The maximum absolute atomic E-state index is 12.3. The number of aromatic nitrogens is 1. The average Bonchev–Trinajstić information content (AvgIpc) is 3.23. The van der Waals surface area contributed by atoms with Crippen molar-refractivity contribution in [3.8, 4) is 11.5 Å². The van der Waals surface area contributed by atoms with Crippen LogP contribution in [0, 0.1) is 5.92 Å². The molecule has 1 aromatic carbocycles. The molecule has 1 aromatic heterocycles. The van der Waals surface area contributed by atoms with Crippen LogP contribution in [0.2, 0.25) is 0 Å². The van der Waals surface area contributed by atoms with Crippen molar-refractivity contribution in [2.45, 2.75) is 38.6 Å². The molecule has 166 valence electrons. The van der Waals surface area contributed by atoms with Gasteiger partial charge in [0, 0.05) is 38.6 Å². The molecular formula is C24H32N4O3. The Morgan fingerprint density at radius 3 is 2.71 bits per heavy atom. The van der Waals surface area contributed by atoms with Crippen molar-refractivity contribution in [2.24, 2.45) is 5.92 Å². The number of ether oxygens (including phenoxy) is 1. The van der Waals surface area contributed by atoms with Gasteiger partial charge in [-0.2, -0.15) is 0 Å². The normalized spacial score (nSPS) is 18.0. The van der Waals surface area contributed by atoms with Crippen LogP contribution in [0.3, 0.4) is 0 Å². The van der Waals surface area contributed by atoms with E-state index in [1.807, 2.05) is 24.3 Å². The number of phenols is 1. The zero-order valence-electron chi connectivity index (χ0n) is 18.2. The summed E-state index contributed by atoms with van der Waals surface area (Å²) >= 11 is 0. The minimum Gasteiger partial charge on any atom is -0.504 e. The Bertz CT molecular complexity index is 881. The van der Waals surface area contributed by atoms with Crippen LogP contribution in [-0.4, -0.2) is 54.2 Å². The SMILES string of the molecule is COc1cc(CN2CCCN(c3ccc(NC(=O)C4CCCC4)cn3)CC2)ccc1O. The van der Waals surface area contributed by atoms with Crippen molar-refractivity contribution in [3.05, 3.63) is 42.1 Å². The lowest BCUT2D eigenvalue weighted by Crippen LogP contribution is -2.31. The zero-order valence-corrected chi connectivity index (χ0v) is 18.2. The predicted octanol–water partition coefficient (Wildman–Crippen LogP) is 3.64. The molecule has 0 spiro atoms. The fraction of sp³-hybridized carbons (Fsp3) is 0.500. The molecule has 2 N–H and O–H groups in total. The van der Waals surface area contributed by atoms with Crippen LogP contribution in [0.15, 0.2) is 36.5 Å². The van der Waals surface area contributed by atoms with Crippen LogP contribution < -0.4 is 15.0 Å². The number of pyridine rings is 1. The van der Waals surface area contributed by atoms with E-state index in [0.29, 0.717) is 5.75 Å². The Morgan fingerprint density at radius 2 is 1.97 bits per heavy atom. The number of aromatic hydroxyl groups is 1. The number of hydrogen-bond acceptors (Lipinski definition) is 6. The van der Waals surface area contributed by atoms with Crippen LogP contribution in [0.5, 0.6) is 11.5 Å². The molecular weight excluding hydrogens is 392 g/mol. The summed E-state index contributed by atoms with van der Waals surface area (Å²) in [6.45, 7) is 4.62. The molecule has 1 amide bonds. The lowest BCUT2D eigenvalue weighted by Gasteiger charge is -2.23. The van der Waals surface area contributed by atoms with Crippen LogP contribution in [-0.2, 0) is 11.3 Å². The summed E-state index contributed by atoms with van der Waals surface area (Å²) in [6, 6.07) is 9.50. The Hall–Kier alpha value is -2.80. The van der Waals surface area contributed by atoms with E-state index in [1.54, 1.807) is 19.4 Å². The highest BCUT2D eigenvalue weighted by Gasteiger charge is 2.23. The fourth-order valence-corrected chi connectivity index (χ4v) is 4.52. The van der Waals surface area contributed by atoms with Crippen molar-refractivity contribution in [3.63, 3.8) is 0 Å². The van der Waals surface area contributed by atoms with E-state index in [1.165, 1.54) is 0 Å². The van der Waals surface area contributed by atoms with Gasteiger partial charge < -0.3 is 20.1 Å². The first-order valence-electron chi connectivity index (χ1n) is 11.2. The number of carbonyl (C=O) groups is 1. The largest absolute Gasteiger partial charge is 0.504 e. The van der Waals surface area contributed by atoms with Crippen LogP contribution in [0.25, 0.3) is 0 Å². The molecule has 4 rings (SSSR count). The Balaban J connectivity index is 1.31. The Morgan fingerprint density at radius 1 is 1.13 bits per heavy atom. The maximum atomic E-state index is 12.3. The number of phenolic OH excluding ortho intramolecular Hbond substituents is 1. The molecule has 0 bridgehead atoms. The van der Waals surface area contributed by atoms with Crippen LogP contribution in [0.4, 0.5) is 11.5 Å². The van der Waals surface area contributed by atoms with Crippen molar-refractivity contribution in [1.82, 2.24) is 9.88 Å². The van der Waals surface area contributed by atoms with Gasteiger partial charge in [-0.25, -0.2) is 4.98 Å². The van der Waals surface area contributed by atoms with Crippen molar-refractivity contribution in [1.29, 1.82) is 0 Å². The molecule has 1 aliphatic carbocycles. The van der Waals surface area contributed by atoms with Gasteiger partial charge >= 0.3 is 0 Å². The number of nitrogens with one attached hydrogen (secondary N) is 1. The van der Waals surface area contributed by atoms with E-state index in [4.69, 9.17) is 4.74 Å². The van der Waals surface area contributed by atoms with Gasteiger partial charge in [-0.15, -0.1) is 0 Å². The molecule has 2 heterocycles. The molecule has 1 saturated carbocycles. The van der Waals surface area contributed by atoms with Gasteiger partial charge in [0.25, 0.3) is 0 Å². The number of methoxy groups -OCH3 is 1. The molecule has 0 atom stereocenters. The first-order chi connectivity index (χ1) is 15.1. The van der Waals surface area contributed by atoms with E-state index in [9.17, 15) is 9.90 Å². The zero-order chi connectivity index (χ0) is 21.6. The maximum Gasteiger partial charge on any atom is 0.227 e. The summed E-state index contributed by atoms with van der Waals surface area (Å²) in [6.07, 6.45) is 7.13. The smallest absolute Gasteiger partial charge is 0.227 e. The summed E-state index contributed by atoms with van der Waals surface area (Å²) in [7, 11) is 1.57. The Labute approximate surface area is 184 Å². The lowest BCUT2D eigenvalue weighted by molar-refractivity contribution is -0.119. The monoisotopic (exact) mass is 424 g/mol. The van der Waals surface area contributed by atoms with Crippen LogP contribution >= 0.6 is 0 Å². The van der Waals surface area contributed by atoms with Crippen molar-refractivity contribution in [2.75, 3.05) is 43.5 Å². The van der Waals surface area contributed by atoms with Gasteiger partial charge in [-0.3, -0.25) is 9.69 Å². The van der Waals surface area contributed by atoms with Gasteiger partial charge in [0.1, 0.15) is 5.82 Å². The third kappa shape index (κ3) is 5.47. The molecule has 0 unspecified atom stereocenters. The van der Waals surface area contributed by atoms with Gasteiger partial charge in [0.15, 0.2) is 11.5 Å². The minimum absolute atomic E-state index is 0.128. The third-order valence-corrected chi connectivity index (χ3v) is 6.30. The molecule has 31 heavy (non-hydrogen) atoms. The molecule has 2 aliphatic rings. The highest BCUT2D eigenvalue weighted by Crippen LogP contribution is 2.28. The summed E-state index contributed by atoms with van der Waals surface area (Å²) < 4.78 is 5.23. The minimum atomic E-state index is 0.128. The van der Waals surface area contributed by atoms with Gasteiger partial charge in [-0.1, -0.05) is 18.9 Å². The number of amides is 1. The van der Waals surface area contributed by atoms with Gasteiger partial charge in [0.05, 0.1) is 19.0 Å². The second-order valence-electron chi connectivity index (χ2n) is 8.50. The predicted molar refractivity (Wildman–Crippen MR) is 122 cm³/mol. The van der Waals surface area contributed by atoms with Crippen molar-refractivity contribution >= 4 is 17.4 Å². The third-order valence-electron chi connectivity index (χ3n) is 6.30. The van der Waals surface area contributed by atoms with E-state index in [0.717, 1.165) is 81.9 Å². The molecule has 0 radical (unpaired) electrons. The highest BCUT2D eigenvalue weighted by molar-refractivity contribution is 5.92. The molecule has 2 aromatic rings. The first-order valence-corrected chi connectivity index (χ1v) is 11.2. The second kappa shape index (κ2) is 10.0. The van der Waals surface area contributed by atoms with E-state index in [-0.39, 0.29) is 17.6 Å². The lowest BCUT2D eigenvalue weighted by atomic mass is 10.1. The highest BCUT2D eigenvalue weighted by atomic mass is 16.5. The van der Waals surface area contributed by atoms with Crippen molar-refractivity contribution < 1.29 is 14.6 Å². The summed E-state index contributed by atoms with van der Waals surface area (Å²) in [4.78, 5) is 21.7. The first kappa shape index (κ1) is 21.4. The molecule has 7 heteroatoms. The molecule has 1 saturated heterocycles. The summed E-state index contributed by atoms with van der Waals surface area (Å²) in [5, 5.41) is 12.8. The topological polar surface area (TPSA) is 77.9 Å².